The number of rotatable bonds is 10. The average molecular weight is 445 g/mol. The van der Waals surface area contributed by atoms with E-state index in [0.717, 1.165) is 24.2 Å². The Kier molecular flexibility index (Phi) is 6.84. The Bertz CT molecular complexity index is 1240. The van der Waals surface area contributed by atoms with Crippen LogP contribution in [0.5, 0.6) is 0 Å². The molecule has 0 aliphatic rings. The Morgan fingerprint density at radius 2 is 1.79 bits per heavy atom. The Labute approximate surface area is 189 Å². The molecule has 4 aromatic rings. The normalized spacial score (nSPS) is 10.8. The number of hydrogen-bond acceptors (Lipinski definition) is 7. The van der Waals surface area contributed by atoms with Gasteiger partial charge >= 0.3 is 0 Å². The number of hydrogen-bond donors (Lipinski definition) is 2. The molecule has 10 heteroatoms. The Hall–Kier alpha value is -4.34. The summed E-state index contributed by atoms with van der Waals surface area (Å²) in [7, 11) is 0. The van der Waals surface area contributed by atoms with Crippen LogP contribution < -0.4 is 10.6 Å². The molecule has 0 spiro atoms. The minimum atomic E-state index is -0.466. The van der Waals surface area contributed by atoms with Gasteiger partial charge in [-0.2, -0.15) is 5.10 Å². The summed E-state index contributed by atoms with van der Waals surface area (Å²) in [5.41, 5.74) is 2.65. The van der Waals surface area contributed by atoms with Crippen molar-refractivity contribution in [1.82, 2.24) is 25.1 Å². The van der Waals surface area contributed by atoms with Crippen LogP contribution in [0.4, 0.5) is 11.5 Å². The number of nitrogens with one attached hydrogen (secondary N) is 2. The largest absolute Gasteiger partial charge is 0.369 e. The lowest BCUT2D eigenvalue weighted by molar-refractivity contribution is -0.384. The third-order valence-electron chi connectivity index (χ3n) is 5.14. The first-order valence-corrected chi connectivity index (χ1v) is 10.5. The van der Waals surface area contributed by atoms with E-state index in [1.54, 1.807) is 23.0 Å². The maximum Gasteiger partial charge on any atom is 0.269 e. The van der Waals surface area contributed by atoms with Crippen molar-refractivity contribution in [2.45, 2.75) is 19.4 Å². The molecular weight excluding hydrogens is 422 g/mol. The van der Waals surface area contributed by atoms with Crippen molar-refractivity contribution in [3.8, 4) is 0 Å². The molecule has 0 saturated heterocycles. The molecule has 0 aliphatic carbocycles. The van der Waals surface area contributed by atoms with Gasteiger partial charge in [0.15, 0.2) is 5.65 Å². The molecule has 168 valence electrons. The molecule has 0 radical (unpaired) electrons. The van der Waals surface area contributed by atoms with E-state index in [1.165, 1.54) is 24.0 Å². The van der Waals surface area contributed by atoms with Crippen LogP contribution in [0.3, 0.4) is 0 Å². The van der Waals surface area contributed by atoms with Gasteiger partial charge < -0.3 is 10.6 Å². The van der Waals surface area contributed by atoms with Crippen molar-refractivity contribution in [2.75, 3.05) is 18.4 Å². The van der Waals surface area contributed by atoms with Crippen LogP contribution in [0, 0.1) is 10.1 Å². The lowest BCUT2D eigenvalue weighted by Crippen LogP contribution is -2.28. The molecule has 0 atom stereocenters. The van der Waals surface area contributed by atoms with Gasteiger partial charge in [-0.3, -0.25) is 14.9 Å². The topological polar surface area (TPSA) is 128 Å². The summed E-state index contributed by atoms with van der Waals surface area (Å²) in [6.45, 7) is 1.57. The standard InChI is InChI=1S/C23H23N7O3/c31-21(14-18-6-8-19(9-7-18)30(32)33)24-12-13-29-23-20(15-28-29)22(26-16-27-23)25-11-10-17-4-2-1-3-5-17/h1-9,15-16H,10-14H2,(H,24,31)(H,25,26,27). The number of nitro benzene ring substituents is 1. The van der Waals surface area contributed by atoms with E-state index in [1.807, 2.05) is 18.2 Å². The highest BCUT2D eigenvalue weighted by Crippen LogP contribution is 2.18. The number of amides is 1. The van der Waals surface area contributed by atoms with Crippen LogP contribution in [0.1, 0.15) is 11.1 Å². The number of carbonyl (C=O) groups excluding carboxylic acids is 1. The molecule has 33 heavy (non-hydrogen) atoms. The highest BCUT2D eigenvalue weighted by atomic mass is 16.6. The molecule has 4 rings (SSSR count). The van der Waals surface area contributed by atoms with Crippen LogP contribution in [0.25, 0.3) is 11.0 Å². The first-order valence-electron chi connectivity index (χ1n) is 10.5. The average Bonchev–Trinajstić information content (AvgIpc) is 3.24. The predicted octanol–water partition coefficient (Wildman–Crippen LogP) is 2.75. The number of aromatic nitrogens is 4. The number of fused-ring (bicyclic) bond motifs is 1. The number of non-ortho nitro benzene ring substituents is 1. The molecule has 0 aliphatic heterocycles. The number of nitrogens with zero attached hydrogens (tertiary/aromatic N) is 5. The van der Waals surface area contributed by atoms with Crippen molar-refractivity contribution >= 4 is 28.4 Å². The Morgan fingerprint density at radius 3 is 2.55 bits per heavy atom. The summed E-state index contributed by atoms with van der Waals surface area (Å²) in [4.78, 5) is 31.1. The predicted molar refractivity (Wildman–Crippen MR) is 124 cm³/mol. The van der Waals surface area contributed by atoms with Gasteiger partial charge in [-0.25, -0.2) is 14.6 Å². The van der Waals surface area contributed by atoms with Crippen LogP contribution in [-0.2, 0) is 24.2 Å². The molecular formula is C23H23N7O3. The third kappa shape index (κ3) is 5.67. The van der Waals surface area contributed by atoms with Crippen LogP contribution in [0.2, 0.25) is 0 Å². The number of carbonyl (C=O) groups is 1. The maximum atomic E-state index is 12.2. The number of anilines is 1. The molecule has 0 unspecified atom stereocenters. The molecule has 2 aromatic heterocycles. The fourth-order valence-corrected chi connectivity index (χ4v) is 3.45. The fourth-order valence-electron chi connectivity index (χ4n) is 3.45. The summed E-state index contributed by atoms with van der Waals surface area (Å²) in [5, 5.41) is 22.1. The van der Waals surface area contributed by atoms with Crippen LogP contribution >= 0.6 is 0 Å². The van der Waals surface area contributed by atoms with E-state index in [9.17, 15) is 14.9 Å². The van der Waals surface area contributed by atoms with Gasteiger partial charge in [0.2, 0.25) is 5.91 Å². The van der Waals surface area contributed by atoms with Crippen molar-refractivity contribution in [1.29, 1.82) is 0 Å². The number of benzene rings is 2. The van der Waals surface area contributed by atoms with Gasteiger partial charge in [-0.1, -0.05) is 42.5 Å². The van der Waals surface area contributed by atoms with E-state index in [4.69, 9.17) is 0 Å². The first kappa shape index (κ1) is 21.9. The summed E-state index contributed by atoms with van der Waals surface area (Å²) in [6, 6.07) is 16.2. The zero-order valence-electron chi connectivity index (χ0n) is 17.8. The molecule has 10 nitrogen and oxygen atoms in total. The second kappa shape index (κ2) is 10.3. The third-order valence-corrected chi connectivity index (χ3v) is 5.14. The van der Waals surface area contributed by atoms with E-state index >= 15 is 0 Å². The first-order chi connectivity index (χ1) is 16.1. The smallest absolute Gasteiger partial charge is 0.269 e. The summed E-state index contributed by atoms with van der Waals surface area (Å²) in [5.74, 6) is 0.558. The number of nitro groups is 1. The lowest BCUT2D eigenvalue weighted by atomic mass is 10.1. The molecule has 2 heterocycles. The second-order valence-electron chi connectivity index (χ2n) is 7.44. The maximum absolute atomic E-state index is 12.2. The van der Waals surface area contributed by atoms with Crippen molar-refractivity contribution < 1.29 is 9.72 Å². The van der Waals surface area contributed by atoms with Gasteiger partial charge in [-0.05, 0) is 17.5 Å². The Balaban J connectivity index is 1.29. The minimum absolute atomic E-state index is 0.000586. The lowest BCUT2D eigenvalue weighted by Gasteiger charge is -2.08. The highest BCUT2D eigenvalue weighted by molar-refractivity contribution is 5.86. The zero-order chi connectivity index (χ0) is 23.0. The summed E-state index contributed by atoms with van der Waals surface area (Å²) >= 11 is 0. The molecule has 2 aromatic carbocycles. The molecule has 0 fully saturated rings. The zero-order valence-corrected chi connectivity index (χ0v) is 17.8. The SMILES string of the molecule is O=C(Cc1ccc([N+](=O)[O-])cc1)NCCn1ncc2c(NCCc3ccccc3)ncnc21. The second-order valence-corrected chi connectivity index (χ2v) is 7.44. The summed E-state index contributed by atoms with van der Waals surface area (Å²) in [6.07, 6.45) is 4.24. The van der Waals surface area contributed by atoms with Gasteiger partial charge in [0.05, 0.1) is 29.5 Å². The quantitative estimate of drug-likeness (QED) is 0.284. The molecule has 1 amide bonds. The van der Waals surface area contributed by atoms with Gasteiger partial charge in [-0.15, -0.1) is 0 Å². The van der Waals surface area contributed by atoms with E-state index in [0.29, 0.717) is 24.3 Å². The van der Waals surface area contributed by atoms with Crippen molar-refractivity contribution in [2.24, 2.45) is 0 Å². The molecule has 0 bridgehead atoms. The van der Waals surface area contributed by atoms with Crippen molar-refractivity contribution in [3.05, 3.63) is 88.4 Å². The van der Waals surface area contributed by atoms with E-state index in [2.05, 4.69) is 37.8 Å². The highest BCUT2D eigenvalue weighted by Gasteiger charge is 2.11. The molecule has 2 N–H and O–H groups in total. The minimum Gasteiger partial charge on any atom is -0.369 e. The Morgan fingerprint density at radius 1 is 1.00 bits per heavy atom. The van der Waals surface area contributed by atoms with Crippen LogP contribution in [0.15, 0.2) is 67.1 Å². The monoisotopic (exact) mass is 445 g/mol. The van der Waals surface area contributed by atoms with E-state index in [-0.39, 0.29) is 18.0 Å². The fraction of sp³-hybridized carbons (Fsp3) is 0.217. The van der Waals surface area contributed by atoms with Gasteiger partial charge in [0, 0.05) is 25.2 Å². The van der Waals surface area contributed by atoms with Gasteiger partial charge in [0.1, 0.15) is 12.1 Å². The van der Waals surface area contributed by atoms with Crippen LogP contribution in [-0.4, -0.2) is 43.7 Å². The molecule has 0 saturated carbocycles. The van der Waals surface area contributed by atoms with E-state index < -0.39 is 4.92 Å². The van der Waals surface area contributed by atoms with Gasteiger partial charge in [0.25, 0.3) is 5.69 Å². The summed E-state index contributed by atoms with van der Waals surface area (Å²) < 4.78 is 1.73. The van der Waals surface area contributed by atoms with Crippen molar-refractivity contribution in [3.63, 3.8) is 0 Å².